The van der Waals surface area contributed by atoms with E-state index in [1.54, 1.807) is 0 Å². The van der Waals surface area contributed by atoms with Crippen molar-refractivity contribution in [2.24, 2.45) is 5.92 Å². The van der Waals surface area contributed by atoms with Crippen LogP contribution in [0.15, 0.2) is 0 Å². The molecular formula is C18H31NO7S. The number of nitrogens with zero attached hydrogens (tertiary/aromatic N) is 1. The zero-order valence-corrected chi connectivity index (χ0v) is 17.0. The van der Waals surface area contributed by atoms with Gasteiger partial charge in [0.05, 0.1) is 12.3 Å². The maximum absolute atomic E-state index is 12.5. The van der Waals surface area contributed by atoms with E-state index in [1.807, 2.05) is 0 Å². The number of unbranched alkanes of at least 4 members (excludes halogenated alkanes) is 6. The first kappa shape index (κ1) is 23.6. The minimum absolute atomic E-state index is 0.200. The quantitative estimate of drug-likeness (QED) is 0.284. The first-order valence-corrected chi connectivity index (χ1v) is 11.3. The summed E-state index contributed by atoms with van der Waals surface area (Å²) in [5.41, 5.74) is 0. The topological polar surface area (TPSA) is 118 Å². The Morgan fingerprint density at radius 3 is 2.00 bits per heavy atom. The van der Waals surface area contributed by atoms with Crippen LogP contribution in [0.3, 0.4) is 0 Å². The lowest BCUT2D eigenvalue weighted by atomic mass is 9.94. The number of carbonyl (C=O) groups is 3. The summed E-state index contributed by atoms with van der Waals surface area (Å²) in [6.45, 7) is 4.18. The van der Waals surface area contributed by atoms with Crippen molar-refractivity contribution in [2.45, 2.75) is 89.7 Å². The van der Waals surface area contributed by atoms with Gasteiger partial charge in [-0.25, -0.2) is 4.79 Å². The Kier molecular flexibility index (Phi) is 9.93. The average Bonchev–Trinajstić information content (AvgIpc) is 2.88. The van der Waals surface area contributed by atoms with Gasteiger partial charge < -0.3 is 4.84 Å². The van der Waals surface area contributed by atoms with Crippen LogP contribution < -0.4 is 0 Å². The van der Waals surface area contributed by atoms with Crippen LogP contribution in [-0.2, 0) is 29.3 Å². The Labute approximate surface area is 161 Å². The van der Waals surface area contributed by atoms with E-state index in [4.69, 9.17) is 9.39 Å². The van der Waals surface area contributed by atoms with Crippen LogP contribution in [0.4, 0.5) is 0 Å². The highest BCUT2D eigenvalue weighted by molar-refractivity contribution is 7.87. The molecule has 1 fully saturated rings. The number of hydroxylamine groups is 2. The Hall–Kier alpha value is -1.48. The molecule has 2 amide bonds. The molecule has 1 saturated heterocycles. The highest BCUT2D eigenvalue weighted by Gasteiger charge is 2.48. The SMILES string of the molecule is CCCCCCC(CCCCCC)C(=O)ON1C(=O)CC(S(=O)(=O)O)C1=O. The second-order valence-electron chi connectivity index (χ2n) is 7.04. The number of hydrogen-bond donors (Lipinski definition) is 1. The highest BCUT2D eigenvalue weighted by Crippen LogP contribution is 2.24. The minimum Gasteiger partial charge on any atom is -0.330 e. The Balaban J connectivity index is 2.70. The molecule has 1 unspecified atom stereocenters. The molecule has 1 heterocycles. The van der Waals surface area contributed by atoms with Gasteiger partial charge in [0.25, 0.3) is 21.9 Å². The smallest absolute Gasteiger partial charge is 0.330 e. The van der Waals surface area contributed by atoms with Gasteiger partial charge in [-0.3, -0.25) is 14.1 Å². The summed E-state index contributed by atoms with van der Waals surface area (Å²) in [6.07, 6.45) is 8.41. The van der Waals surface area contributed by atoms with Crippen LogP contribution in [0.1, 0.15) is 84.5 Å². The molecular weight excluding hydrogens is 374 g/mol. The molecule has 1 atom stereocenters. The van der Waals surface area contributed by atoms with Gasteiger partial charge in [-0.15, -0.1) is 5.06 Å². The van der Waals surface area contributed by atoms with E-state index in [2.05, 4.69) is 13.8 Å². The second kappa shape index (κ2) is 11.4. The van der Waals surface area contributed by atoms with Crippen LogP contribution >= 0.6 is 0 Å². The summed E-state index contributed by atoms with van der Waals surface area (Å²) in [5, 5.41) is -1.70. The molecule has 0 aromatic heterocycles. The van der Waals surface area contributed by atoms with Gasteiger partial charge in [-0.05, 0) is 12.8 Å². The number of rotatable bonds is 13. The van der Waals surface area contributed by atoms with Gasteiger partial charge in [0, 0.05) is 0 Å². The van der Waals surface area contributed by atoms with Crippen LogP contribution in [0.5, 0.6) is 0 Å². The number of carbonyl (C=O) groups excluding carboxylic acids is 3. The highest BCUT2D eigenvalue weighted by atomic mass is 32.2. The third kappa shape index (κ3) is 7.57. The van der Waals surface area contributed by atoms with E-state index in [0.717, 1.165) is 51.4 Å². The summed E-state index contributed by atoms with van der Waals surface area (Å²) in [7, 11) is -4.72. The van der Waals surface area contributed by atoms with Crippen molar-refractivity contribution in [3.63, 3.8) is 0 Å². The number of imide groups is 1. The van der Waals surface area contributed by atoms with E-state index in [1.165, 1.54) is 0 Å². The van der Waals surface area contributed by atoms with Crippen molar-refractivity contribution in [1.29, 1.82) is 0 Å². The maximum atomic E-state index is 12.5. The van der Waals surface area contributed by atoms with E-state index in [0.29, 0.717) is 12.8 Å². The van der Waals surface area contributed by atoms with E-state index < -0.39 is 45.5 Å². The van der Waals surface area contributed by atoms with Crippen molar-refractivity contribution in [1.82, 2.24) is 5.06 Å². The average molecular weight is 406 g/mol. The van der Waals surface area contributed by atoms with Crippen LogP contribution in [0.25, 0.3) is 0 Å². The minimum atomic E-state index is -4.72. The van der Waals surface area contributed by atoms with Crippen LogP contribution in [-0.4, -0.2) is 41.1 Å². The fraction of sp³-hybridized carbons (Fsp3) is 0.833. The van der Waals surface area contributed by atoms with Crippen molar-refractivity contribution in [3.05, 3.63) is 0 Å². The molecule has 1 rings (SSSR count). The second-order valence-corrected chi connectivity index (χ2v) is 8.64. The van der Waals surface area contributed by atoms with Crippen molar-refractivity contribution in [2.75, 3.05) is 0 Å². The summed E-state index contributed by atoms with van der Waals surface area (Å²) >= 11 is 0. The standard InChI is InChI=1S/C18H31NO7S/c1-3-5-7-9-11-14(12-10-8-6-4-2)18(22)26-19-16(20)13-15(17(19)21)27(23,24)25/h14-15H,3-13H2,1-2H3,(H,23,24,25). The lowest BCUT2D eigenvalue weighted by Gasteiger charge is -2.19. The van der Waals surface area contributed by atoms with Gasteiger partial charge in [0.15, 0.2) is 5.25 Å². The lowest BCUT2D eigenvalue weighted by Crippen LogP contribution is -2.38. The monoisotopic (exact) mass is 405 g/mol. The molecule has 0 spiro atoms. The fourth-order valence-electron chi connectivity index (χ4n) is 3.09. The zero-order valence-electron chi connectivity index (χ0n) is 16.2. The zero-order chi connectivity index (χ0) is 20.4. The molecule has 0 saturated carbocycles. The van der Waals surface area contributed by atoms with Gasteiger partial charge in [0.2, 0.25) is 0 Å². The van der Waals surface area contributed by atoms with Crippen LogP contribution in [0.2, 0.25) is 0 Å². The summed E-state index contributed by atoms with van der Waals surface area (Å²) in [4.78, 5) is 41.3. The molecule has 0 aliphatic carbocycles. The molecule has 1 aliphatic rings. The van der Waals surface area contributed by atoms with Crippen molar-refractivity contribution in [3.8, 4) is 0 Å². The molecule has 1 aliphatic heterocycles. The molecule has 27 heavy (non-hydrogen) atoms. The normalized spacial score (nSPS) is 17.8. The molecule has 156 valence electrons. The lowest BCUT2D eigenvalue weighted by molar-refractivity contribution is -0.201. The molecule has 9 heteroatoms. The van der Waals surface area contributed by atoms with Gasteiger partial charge in [0.1, 0.15) is 0 Å². The van der Waals surface area contributed by atoms with Gasteiger partial charge >= 0.3 is 5.97 Å². The number of hydrogen-bond acceptors (Lipinski definition) is 6. The van der Waals surface area contributed by atoms with Crippen molar-refractivity contribution < 1.29 is 32.2 Å². The first-order valence-electron chi connectivity index (χ1n) is 9.77. The molecule has 0 bridgehead atoms. The summed E-state index contributed by atoms with van der Waals surface area (Å²) in [6, 6.07) is 0. The Bertz CT molecular complexity index is 605. The maximum Gasteiger partial charge on any atom is 0.336 e. The number of amides is 2. The Morgan fingerprint density at radius 2 is 1.59 bits per heavy atom. The fourth-order valence-corrected chi connectivity index (χ4v) is 3.79. The van der Waals surface area contributed by atoms with Gasteiger partial charge in [-0.1, -0.05) is 65.2 Å². The summed E-state index contributed by atoms with van der Waals surface area (Å²) in [5.74, 6) is -3.29. The van der Waals surface area contributed by atoms with E-state index in [9.17, 15) is 22.8 Å². The molecule has 1 N–H and O–H groups in total. The van der Waals surface area contributed by atoms with Crippen LogP contribution in [0, 0.1) is 5.92 Å². The Morgan fingerprint density at radius 1 is 1.07 bits per heavy atom. The van der Waals surface area contributed by atoms with E-state index >= 15 is 0 Å². The van der Waals surface area contributed by atoms with E-state index in [-0.39, 0.29) is 5.06 Å². The predicted molar refractivity (Wildman–Crippen MR) is 98.9 cm³/mol. The van der Waals surface area contributed by atoms with Gasteiger partial charge in [-0.2, -0.15) is 8.42 Å². The predicted octanol–water partition coefficient (Wildman–Crippen LogP) is 3.02. The molecule has 0 aromatic rings. The first-order chi connectivity index (χ1) is 12.7. The summed E-state index contributed by atoms with van der Waals surface area (Å²) < 4.78 is 31.4. The molecule has 0 aromatic carbocycles. The third-order valence-electron chi connectivity index (χ3n) is 4.75. The van der Waals surface area contributed by atoms with Crippen molar-refractivity contribution >= 4 is 27.9 Å². The molecule has 0 radical (unpaired) electrons. The largest absolute Gasteiger partial charge is 0.336 e. The third-order valence-corrected chi connectivity index (χ3v) is 5.84. The molecule has 8 nitrogen and oxygen atoms in total.